The molecule has 0 fully saturated rings. The lowest BCUT2D eigenvalue weighted by Gasteiger charge is -2.24. The number of esters is 2. The molecule has 1 unspecified atom stereocenters. The smallest absolute Gasteiger partial charge is 0.338 e. The Bertz CT molecular complexity index is 1610. The van der Waals surface area contributed by atoms with E-state index < -0.39 is 18.0 Å². The van der Waals surface area contributed by atoms with E-state index in [1.165, 1.54) is 36.0 Å². The number of fused-ring (bicyclic) bond motifs is 1. The average Bonchev–Trinajstić information content (AvgIpc) is 3.20. The minimum atomic E-state index is -0.810. The topological polar surface area (TPSA) is 105 Å². The molecule has 1 atom stereocenters. The van der Waals surface area contributed by atoms with Crippen LogP contribution in [0, 0.1) is 0 Å². The third kappa shape index (κ3) is 5.30. The molecule has 2 aromatic carbocycles. The standard InChI is InChI=1S/C28H26N2O7S/c1-6-13-36-27(33)24-16(2)29-28-30(25(24)18-7-10-20(11-8-18)37-17(3)31)26(32)23(38-28)14-19-9-12-21(34-4)15-22(19)35-5/h6-12,14-15,25H,1,13H2,2-5H3/b23-14-. The Balaban J connectivity index is 1.90. The van der Waals surface area contributed by atoms with Crippen LogP contribution in [0.1, 0.15) is 31.0 Å². The lowest BCUT2D eigenvalue weighted by Crippen LogP contribution is -2.39. The number of thiazole rings is 1. The number of methoxy groups -OCH3 is 2. The molecule has 0 N–H and O–H groups in total. The first-order chi connectivity index (χ1) is 18.3. The summed E-state index contributed by atoms with van der Waals surface area (Å²) in [5, 5.41) is 0. The Hall–Kier alpha value is -4.44. The Morgan fingerprint density at radius 1 is 1.11 bits per heavy atom. The van der Waals surface area contributed by atoms with E-state index in [0.717, 1.165) is 0 Å². The first-order valence-electron chi connectivity index (χ1n) is 11.6. The summed E-state index contributed by atoms with van der Waals surface area (Å²) >= 11 is 1.20. The molecule has 0 saturated heterocycles. The van der Waals surface area contributed by atoms with Crippen molar-refractivity contribution in [2.24, 2.45) is 4.99 Å². The molecule has 3 aromatic rings. The van der Waals surface area contributed by atoms with E-state index in [9.17, 15) is 14.4 Å². The lowest BCUT2D eigenvalue weighted by molar-refractivity contribution is -0.138. The molecule has 0 saturated carbocycles. The van der Waals surface area contributed by atoms with Crippen molar-refractivity contribution >= 4 is 29.4 Å². The summed E-state index contributed by atoms with van der Waals surface area (Å²) in [5.41, 5.74) is 1.64. The molecule has 4 rings (SSSR count). The van der Waals surface area contributed by atoms with E-state index in [1.54, 1.807) is 62.6 Å². The third-order valence-corrected chi connectivity index (χ3v) is 6.74. The number of aromatic nitrogens is 1. The minimum Gasteiger partial charge on any atom is -0.497 e. The van der Waals surface area contributed by atoms with Gasteiger partial charge in [0.2, 0.25) is 0 Å². The largest absolute Gasteiger partial charge is 0.497 e. The van der Waals surface area contributed by atoms with E-state index in [0.29, 0.717) is 43.4 Å². The highest BCUT2D eigenvalue weighted by atomic mass is 32.1. The van der Waals surface area contributed by atoms with E-state index in [1.807, 2.05) is 0 Å². The number of allylic oxidation sites excluding steroid dienone is 1. The van der Waals surface area contributed by atoms with Gasteiger partial charge in [0.25, 0.3) is 5.56 Å². The summed E-state index contributed by atoms with van der Waals surface area (Å²) in [7, 11) is 3.10. The Morgan fingerprint density at radius 3 is 2.45 bits per heavy atom. The predicted molar refractivity (Wildman–Crippen MR) is 142 cm³/mol. The Kier molecular flexibility index (Phi) is 7.92. The summed E-state index contributed by atoms with van der Waals surface area (Å²) in [6.07, 6.45) is 3.19. The molecule has 0 amide bonds. The monoisotopic (exact) mass is 534 g/mol. The lowest BCUT2D eigenvalue weighted by atomic mass is 9.96. The summed E-state index contributed by atoms with van der Waals surface area (Å²) in [5.74, 6) is 0.445. The second kappa shape index (κ2) is 11.3. The number of carbonyl (C=O) groups excluding carboxylic acids is 2. The van der Waals surface area contributed by atoms with Crippen LogP contribution in [-0.4, -0.2) is 37.3 Å². The van der Waals surface area contributed by atoms with Gasteiger partial charge in [0.15, 0.2) is 4.80 Å². The fourth-order valence-electron chi connectivity index (χ4n) is 4.07. The van der Waals surface area contributed by atoms with Crippen molar-refractivity contribution in [3.63, 3.8) is 0 Å². The van der Waals surface area contributed by atoms with Crippen molar-refractivity contribution in [3.05, 3.63) is 97.2 Å². The van der Waals surface area contributed by atoms with E-state index in [-0.39, 0.29) is 17.7 Å². The van der Waals surface area contributed by atoms with Crippen molar-refractivity contribution in [2.45, 2.75) is 19.9 Å². The number of hydrogen-bond donors (Lipinski definition) is 0. The summed E-state index contributed by atoms with van der Waals surface area (Å²) in [6, 6.07) is 11.1. The first-order valence-corrected chi connectivity index (χ1v) is 12.4. The van der Waals surface area contributed by atoms with Crippen LogP contribution in [0.3, 0.4) is 0 Å². The molecule has 38 heavy (non-hydrogen) atoms. The van der Waals surface area contributed by atoms with Crippen LogP contribution in [0.4, 0.5) is 0 Å². The third-order valence-electron chi connectivity index (χ3n) is 5.76. The number of rotatable bonds is 8. The Morgan fingerprint density at radius 2 is 1.82 bits per heavy atom. The van der Waals surface area contributed by atoms with Crippen molar-refractivity contribution in [1.82, 2.24) is 4.57 Å². The fourth-order valence-corrected chi connectivity index (χ4v) is 5.11. The van der Waals surface area contributed by atoms with E-state index in [4.69, 9.17) is 18.9 Å². The number of hydrogen-bond acceptors (Lipinski definition) is 9. The van der Waals surface area contributed by atoms with Crippen molar-refractivity contribution in [2.75, 3.05) is 20.8 Å². The number of benzene rings is 2. The summed E-state index contributed by atoms with van der Waals surface area (Å²) < 4.78 is 23.1. The van der Waals surface area contributed by atoms with Gasteiger partial charge < -0.3 is 18.9 Å². The molecular weight excluding hydrogens is 508 g/mol. The molecule has 0 aliphatic carbocycles. The molecule has 1 aromatic heterocycles. The number of carbonyl (C=O) groups is 2. The number of nitrogens with zero attached hydrogens (tertiary/aromatic N) is 2. The van der Waals surface area contributed by atoms with Crippen LogP contribution >= 0.6 is 11.3 Å². The highest BCUT2D eigenvalue weighted by molar-refractivity contribution is 7.07. The summed E-state index contributed by atoms with van der Waals surface area (Å²) in [6.45, 7) is 6.61. The number of ether oxygens (including phenoxy) is 4. The maximum Gasteiger partial charge on any atom is 0.338 e. The van der Waals surface area contributed by atoms with Gasteiger partial charge in [0, 0.05) is 18.6 Å². The zero-order valence-corrected chi connectivity index (χ0v) is 22.2. The molecule has 9 nitrogen and oxygen atoms in total. The first kappa shape index (κ1) is 26.6. The minimum absolute atomic E-state index is 0.00933. The average molecular weight is 535 g/mol. The van der Waals surface area contributed by atoms with Gasteiger partial charge in [0.1, 0.15) is 23.9 Å². The van der Waals surface area contributed by atoms with Crippen LogP contribution in [0.25, 0.3) is 6.08 Å². The second-order valence-corrected chi connectivity index (χ2v) is 9.25. The fraction of sp³-hybridized carbons (Fsp3) is 0.214. The van der Waals surface area contributed by atoms with E-state index in [2.05, 4.69) is 11.6 Å². The van der Waals surface area contributed by atoms with Crippen LogP contribution in [0.5, 0.6) is 17.2 Å². The van der Waals surface area contributed by atoms with E-state index >= 15 is 0 Å². The molecule has 1 aliphatic heterocycles. The van der Waals surface area contributed by atoms with Gasteiger partial charge in [-0.3, -0.25) is 14.2 Å². The maximum absolute atomic E-state index is 13.8. The van der Waals surface area contributed by atoms with Crippen LogP contribution < -0.4 is 29.1 Å². The van der Waals surface area contributed by atoms with Gasteiger partial charge in [-0.15, -0.1) is 0 Å². The SMILES string of the molecule is C=CCOC(=O)C1=C(C)N=c2s/c(=C\c3ccc(OC)cc3OC)c(=O)n2C1c1ccc(OC(C)=O)cc1. The van der Waals surface area contributed by atoms with Crippen LogP contribution in [0.2, 0.25) is 0 Å². The van der Waals surface area contributed by atoms with Crippen molar-refractivity contribution in [1.29, 1.82) is 0 Å². The van der Waals surface area contributed by atoms with Crippen LogP contribution in [0.15, 0.2) is 76.2 Å². The normalized spacial score (nSPS) is 14.8. The van der Waals surface area contributed by atoms with Gasteiger partial charge in [-0.25, -0.2) is 9.79 Å². The Labute approximate surface area is 222 Å². The van der Waals surface area contributed by atoms with Gasteiger partial charge in [-0.2, -0.15) is 0 Å². The quantitative estimate of drug-likeness (QED) is 0.249. The van der Waals surface area contributed by atoms with Gasteiger partial charge >= 0.3 is 11.9 Å². The highest BCUT2D eigenvalue weighted by Gasteiger charge is 2.33. The zero-order chi connectivity index (χ0) is 27.4. The molecule has 0 bridgehead atoms. The predicted octanol–water partition coefficient (Wildman–Crippen LogP) is 2.91. The summed E-state index contributed by atoms with van der Waals surface area (Å²) in [4.78, 5) is 43.3. The molecule has 10 heteroatoms. The van der Waals surface area contributed by atoms with Crippen LogP contribution in [-0.2, 0) is 14.3 Å². The zero-order valence-electron chi connectivity index (χ0n) is 21.3. The second-order valence-electron chi connectivity index (χ2n) is 8.24. The molecule has 0 radical (unpaired) electrons. The maximum atomic E-state index is 13.8. The van der Waals surface area contributed by atoms with Gasteiger partial charge in [-0.1, -0.05) is 36.1 Å². The molecule has 0 spiro atoms. The van der Waals surface area contributed by atoms with Gasteiger partial charge in [-0.05, 0) is 42.8 Å². The molecule has 2 heterocycles. The molecule has 196 valence electrons. The highest BCUT2D eigenvalue weighted by Crippen LogP contribution is 2.32. The van der Waals surface area contributed by atoms with Gasteiger partial charge in [0.05, 0.1) is 36.1 Å². The molecule has 1 aliphatic rings. The van der Waals surface area contributed by atoms with Crippen molar-refractivity contribution in [3.8, 4) is 17.2 Å². The van der Waals surface area contributed by atoms with Crippen molar-refractivity contribution < 1.29 is 28.5 Å². The molecular formula is C28H26N2O7S.